The van der Waals surface area contributed by atoms with E-state index >= 15 is 0 Å². The van der Waals surface area contributed by atoms with Gasteiger partial charge in [-0.25, -0.2) is 4.79 Å². The second kappa shape index (κ2) is 8.77. The molecule has 4 rings (SSSR count). The van der Waals surface area contributed by atoms with E-state index in [1.807, 2.05) is 0 Å². The standard InChI is InChI=1S/C27H42O5/c1-18-15-22(32-19(2)28)24-25(3,21-9-6-5-7-10-21)12-8-13-26(24,4)27(18,30)14-11-20-16-23(29)31-17-20/h16,18,21-22,24,30H,5-15,17H2,1-4H3. The van der Waals surface area contributed by atoms with Crippen LogP contribution in [-0.2, 0) is 19.1 Å². The SMILES string of the molecule is CC(=O)OC1CC(C)C(O)(CCC2=CC(=O)OC2)C2(C)CCCC(C)(C3CCCCC3)C12. The molecule has 0 amide bonds. The maximum Gasteiger partial charge on any atom is 0.331 e. The molecule has 180 valence electrons. The molecule has 6 atom stereocenters. The first-order chi connectivity index (χ1) is 15.1. The third-order valence-electron chi connectivity index (χ3n) is 9.97. The van der Waals surface area contributed by atoms with Crippen LogP contribution in [0.4, 0.5) is 0 Å². The molecule has 0 aromatic rings. The van der Waals surface area contributed by atoms with Crippen LogP contribution in [0.25, 0.3) is 0 Å². The third kappa shape index (κ3) is 3.93. The Morgan fingerprint density at radius 2 is 1.91 bits per heavy atom. The Labute approximate surface area is 193 Å². The zero-order valence-corrected chi connectivity index (χ0v) is 20.5. The Morgan fingerprint density at radius 3 is 2.53 bits per heavy atom. The summed E-state index contributed by atoms with van der Waals surface area (Å²) in [5, 5.41) is 12.4. The zero-order valence-electron chi connectivity index (χ0n) is 20.5. The minimum Gasteiger partial charge on any atom is -0.462 e. The summed E-state index contributed by atoms with van der Waals surface area (Å²) in [5.41, 5.74) is -0.159. The van der Waals surface area contributed by atoms with Crippen molar-refractivity contribution < 1.29 is 24.2 Å². The highest BCUT2D eigenvalue weighted by Crippen LogP contribution is 2.67. The van der Waals surface area contributed by atoms with E-state index in [2.05, 4.69) is 20.8 Å². The molecule has 1 heterocycles. The molecule has 3 saturated carbocycles. The quantitative estimate of drug-likeness (QED) is 0.577. The molecule has 0 radical (unpaired) electrons. The van der Waals surface area contributed by atoms with Gasteiger partial charge in [0.1, 0.15) is 12.7 Å². The fraction of sp³-hybridized carbons (Fsp3) is 0.852. The number of esters is 2. The number of carbonyl (C=O) groups is 2. The number of cyclic esters (lactones) is 1. The number of ether oxygens (including phenoxy) is 2. The van der Waals surface area contributed by atoms with Crippen LogP contribution in [-0.4, -0.2) is 35.4 Å². The Morgan fingerprint density at radius 1 is 1.19 bits per heavy atom. The third-order valence-corrected chi connectivity index (χ3v) is 9.97. The lowest BCUT2D eigenvalue weighted by Crippen LogP contribution is -2.68. The van der Waals surface area contributed by atoms with E-state index in [0.29, 0.717) is 31.8 Å². The molecule has 3 aliphatic carbocycles. The zero-order chi connectivity index (χ0) is 23.1. The van der Waals surface area contributed by atoms with Gasteiger partial charge in [-0.1, -0.05) is 46.5 Å². The molecule has 0 spiro atoms. The van der Waals surface area contributed by atoms with Crippen molar-refractivity contribution >= 4 is 11.9 Å². The van der Waals surface area contributed by atoms with Crippen molar-refractivity contribution in [3.63, 3.8) is 0 Å². The van der Waals surface area contributed by atoms with Crippen molar-refractivity contribution in [1.29, 1.82) is 0 Å². The summed E-state index contributed by atoms with van der Waals surface area (Å²) in [7, 11) is 0. The van der Waals surface area contributed by atoms with Crippen LogP contribution in [0.15, 0.2) is 11.6 Å². The Bertz CT molecular complexity index is 768. The highest BCUT2D eigenvalue weighted by atomic mass is 16.5. The molecule has 0 saturated heterocycles. The molecule has 1 aliphatic heterocycles. The number of fused-ring (bicyclic) bond motifs is 1. The molecule has 32 heavy (non-hydrogen) atoms. The smallest absolute Gasteiger partial charge is 0.331 e. The van der Waals surface area contributed by atoms with Gasteiger partial charge in [-0.05, 0) is 67.8 Å². The van der Waals surface area contributed by atoms with E-state index in [1.165, 1.54) is 39.0 Å². The van der Waals surface area contributed by atoms with Crippen molar-refractivity contribution in [1.82, 2.24) is 0 Å². The molecular weight excluding hydrogens is 404 g/mol. The summed E-state index contributed by atoms with van der Waals surface area (Å²) < 4.78 is 11.1. The van der Waals surface area contributed by atoms with Gasteiger partial charge in [0.2, 0.25) is 0 Å². The van der Waals surface area contributed by atoms with Gasteiger partial charge in [-0.2, -0.15) is 0 Å². The molecule has 0 aromatic heterocycles. The average molecular weight is 447 g/mol. The minimum atomic E-state index is -0.864. The van der Waals surface area contributed by atoms with Gasteiger partial charge < -0.3 is 14.6 Å². The average Bonchev–Trinajstić information content (AvgIpc) is 3.16. The van der Waals surface area contributed by atoms with Crippen molar-refractivity contribution in [2.75, 3.05) is 6.61 Å². The maximum atomic E-state index is 12.4. The first kappa shape index (κ1) is 23.8. The fourth-order valence-corrected chi connectivity index (χ4v) is 8.43. The fourth-order valence-electron chi connectivity index (χ4n) is 8.43. The largest absolute Gasteiger partial charge is 0.462 e. The lowest BCUT2D eigenvalue weighted by atomic mass is 9.40. The van der Waals surface area contributed by atoms with Crippen LogP contribution in [0.5, 0.6) is 0 Å². The Hall–Kier alpha value is -1.36. The molecule has 0 bridgehead atoms. The van der Waals surface area contributed by atoms with Crippen LogP contribution < -0.4 is 0 Å². The van der Waals surface area contributed by atoms with Crippen LogP contribution in [0.1, 0.15) is 98.3 Å². The summed E-state index contributed by atoms with van der Waals surface area (Å²) >= 11 is 0. The highest BCUT2D eigenvalue weighted by Gasteiger charge is 2.66. The maximum absolute atomic E-state index is 12.4. The van der Waals surface area contributed by atoms with Crippen LogP contribution in [0.2, 0.25) is 0 Å². The number of carbonyl (C=O) groups excluding carboxylic acids is 2. The van der Waals surface area contributed by atoms with E-state index in [-0.39, 0.29) is 40.7 Å². The number of rotatable bonds is 5. The second-order valence-electron chi connectivity index (χ2n) is 11.7. The molecule has 0 aromatic carbocycles. The number of hydrogen-bond donors (Lipinski definition) is 1. The van der Waals surface area contributed by atoms with E-state index in [1.54, 1.807) is 6.08 Å². The van der Waals surface area contributed by atoms with Gasteiger partial charge in [0, 0.05) is 24.3 Å². The van der Waals surface area contributed by atoms with Gasteiger partial charge in [-0.15, -0.1) is 0 Å². The van der Waals surface area contributed by atoms with Crippen molar-refractivity contribution in [2.24, 2.45) is 28.6 Å². The van der Waals surface area contributed by atoms with Crippen LogP contribution in [0, 0.1) is 28.6 Å². The molecule has 3 fully saturated rings. The molecule has 5 nitrogen and oxygen atoms in total. The molecule has 1 N–H and O–H groups in total. The lowest BCUT2D eigenvalue weighted by Gasteiger charge is -2.67. The topological polar surface area (TPSA) is 72.8 Å². The predicted octanol–water partition coefficient (Wildman–Crippen LogP) is 5.35. The molecule has 6 unspecified atom stereocenters. The number of hydrogen-bond acceptors (Lipinski definition) is 5. The number of aliphatic hydroxyl groups is 1. The summed E-state index contributed by atoms with van der Waals surface area (Å²) in [6.45, 7) is 8.69. The summed E-state index contributed by atoms with van der Waals surface area (Å²) in [4.78, 5) is 23.7. The first-order valence-corrected chi connectivity index (χ1v) is 12.9. The summed E-state index contributed by atoms with van der Waals surface area (Å²) in [6, 6.07) is 0. The van der Waals surface area contributed by atoms with E-state index in [0.717, 1.165) is 24.8 Å². The molecular formula is C27H42O5. The van der Waals surface area contributed by atoms with Crippen molar-refractivity contribution in [2.45, 2.75) is 110 Å². The van der Waals surface area contributed by atoms with Crippen molar-refractivity contribution in [3.05, 3.63) is 11.6 Å². The first-order valence-electron chi connectivity index (χ1n) is 12.9. The summed E-state index contributed by atoms with van der Waals surface area (Å²) in [5.74, 6) is 0.302. The highest BCUT2D eigenvalue weighted by molar-refractivity contribution is 5.85. The lowest BCUT2D eigenvalue weighted by molar-refractivity contribution is -0.260. The van der Waals surface area contributed by atoms with E-state index in [4.69, 9.17) is 9.47 Å². The normalized spacial score (nSPS) is 42.7. The Balaban J connectivity index is 1.70. The van der Waals surface area contributed by atoms with Gasteiger partial charge in [0.05, 0.1) is 5.60 Å². The van der Waals surface area contributed by atoms with Gasteiger partial charge in [0.15, 0.2) is 0 Å². The van der Waals surface area contributed by atoms with E-state index < -0.39 is 5.60 Å². The monoisotopic (exact) mass is 446 g/mol. The molecule has 4 aliphatic rings. The minimum absolute atomic E-state index is 0.0143. The summed E-state index contributed by atoms with van der Waals surface area (Å²) in [6.07, 6.45) is 13.0. The second-order valence-corrected chi connectivity index (χ2v) is 11.7. The Kier molecular flexibility index (Phi) is 6.52. The van der Waals surface area contributed by atoms with Gasteiger partial charge in [-0.3, -0.25) is 4.79 Å². The van der Waals surface area contributed by atoms with Crippen molar-refractivity contribution in [3.8, 4) is 0 Å². The predicted molar refractivity (Wildman–Crippen MR) is 123 cm³/mol. The van der Waals surface area contributed by atoms with Gasteiger partial charge in [0.25, 0.3) is 0 Å². The van der Waals surface area contributed by atoms with Crippen LogP contribution in [0.3, 0.4) is 0 Å². The van der Waals surface area contributed by atoms with Gasteiger partial charge >= 0.3 is 11.9 Å². The molecule has 5 heteroatoms. The van der Waals surface area contributed by atoms with Crippen LogP contribution >= 0.6 is 0 Å². The van der Waals surface area contributed by atoms with E-state index in [9.17, 15) is 14.7 Å².